The molecular formula is C11H21NOS. The highest BCUT2D eigenvalue weighted by atomic mass is 32.2. The van der Waals surface area contributed by atoms with E-state index < -0.39 is 10.8 Å². The average molecular weight is 215 g/mol. The largest absolute Gasteiger partial charge is 0.314 e. The van der Waals surface area contributed by atoms with E-state index in [1.165, 1.54) is 19.4 Å². The van der Waals surface area contributed by atoms with Crippen LogP contribution in [-0.4, -0.2) is 28.3 Å². The van der Waals surface area contributed by atoms with Crippen LogP contribution in [0.1, 0.15) is 32.6 Å². The first-order chi connectivity index (χ1) is 6.75. The third-order valence-electron chi connectivity index (χ3n) is 3.54. The minimum absolute atomic E-state index is 0.512. The van der Waals surface area contributed by atoms with Crippen LogP contribution in [0.4, 0.5) is 0 Å². The van der Waals surface area contributed by atoms with Gasteiger partial charge in [0.25, 0.3) is 0 Å². The lowest BCUT2D eigenvalue weighted by atomic mass is 10.1. The maximum Gasteiger partial charge on any atom is 0.0249 e. The highest BCUT2D eigenvalue weighted by molar-refractivity contribution is 7.85. The van der Waals surface area contributed by atoms with Crippen molar-refractivity contribution in [1.29, 1.82) is 0 Å². The molecular weight excluding hydrogens is 194 g/mol. The fourth-order valence-electron chi connectivity index (χ4n) is 2.18. The Kier molecular flexibility index (Phi) is 3.61. The second kappa shape index (κ2) is 4.75. The Morgan fingerprint density at radius 3 is 2.50 bits per heavy atom. The summed E-state index contributed by atoms with van der Waals surface area (Å²) >= 11 is 0. The molecule has 0 spiro atoms. The van der Waals surface area contributed by atoms with E-state index in [4.69, 9.17) is 0 Å². The molecule has 1 aliphatic carbocycles. The highest BCUT2D eigenvalue weighted by Crippen LogP contribution is 2.36. The van der Waals surface area contributed by atoms with E-state index in [-0.39, 0.29) is 0 Å². The fourth-order valence-corrected chi connectivity index (χ4v) is 3.48. The van der Waals surface area contributed by atoms with Crippen molar-refractivity contribution in [3.8, 4) is 0 Å². The summed E-state index contributed by atoms with van der Waals surface area (Å²) in [4.78, 5) is 0. The normalized spacial score (nSPS) is 35.5. The van der Waals surface area contributed by atoms with Crippen molar-refractivity contribution in [2.45, 2.75) is 38.6 Å². The lowest BCUT2D eigenvalue weighted by Gasteiger charge is -2.24. The van der Waals surface area contributed by atoms with Crippen molar-refractivity contribution in [3.05, 3.63) is 0 Å². The zero-order valence-electron chi connectivity index (χ0n) is 9.00. The number of hydrogen-bond acceptors (Lipinski definition) is 2. The summed E-state index contributed by atoms with van der Waals surface area (Å²) in [5.41, 5.74) is 0. The molecule has 14 heavy (non-hydrogen) atoms. The van der Waals surface area contributed by atoms with Gasteiger partial charge in [0.15, 0.2) is 0 Å². The SMILES string of the molecule is CC(CNC1CCS(=O)CC1)C1CC1. The Balaban J connectivity index is 1.62. The molecule has 1 heterocycles. The molecule has 1 aliphatic heterocycles. The van der Waals surface area contributed by atoms with Gasteiger partial charge in [-0.05, 0) is 44.1 Å². The fraction of sp³-hybridized carbons (Fsp3) is 1.00. The summed E-state index contributed by atoms with van der Waals surface area (Å²) in [7, 11) is -0.512. The van der Waals surface area contributed by atoms with Crippen LogP contribution < -0.4 is 5.32 Å². The smallest absolute Gasteiger partial charge is 0.0249 e. The van der Waals surface area contributed by atoms with Gasteiger partial charge in [-0.3, -0.25) is 4.21 Å². The molecule has 0 bridgehead atoms. The van der Waals surface area contributed by atoms with Gasteiger partial charge in [0, 0.05) is 28.3 Å². The molecule has 1 saturated heterocycles. The third kappa shape index (κ3) is 3.06. The van der Waals surface area contributed by atoms with Crippen LogP contribution in [0.15, 0.2) is 0 Å². The molecule has 2 rings (SSSR count). The average Bonchev–Trinajstić information content (AvgIpc) is 3.00. The van der Waals surface area contributed by atoms with Crippen LogP contribution in [0.2, 0.25) is 0 Å². The Morgan fingerprint density at radius 1 is 1.29 bits per heavy atom. The van der Waals surface area contributed by atoms with E-state index in [2.05, 4.69) is 12.2 Å². The molecule has 2 aliphatic rings. The van der Waals surface area contributed by atoms with Gasteiger partial charge in [0.2, 0.25) is 0 Å². The molecule has 0 aromatic rings. The van der Waals surface area contributed by atoms with Gasteiger partial charge in [0.05, 0.1) is 0 Å². The van der Waals surface area contributed by atoms with E-state index in [9.17, 15) is 4.21 Å². The molecule has 1 N–H and O–H groups in total. The first kappa shape index (κ1) is 10.6. The van der Waals surface area contributed by atoms with Gasteiger partial charge in [-0.25, -0.2) is 0 Å². The molecule has 0 aromatic heterocycles. The topological polar surface area (TPSA) is 29.1 Å². The van der Waals surface area contributed by atoms with Crippen LogP contribution in [0.5, 0.6) is 0 Å². The maximum atomic E-state index is 11.1. The van der Waals surface area contributed by atoms with Crippen molar-refractivity contribution >= 4 is 10.8 Å². The number of rotatable bonds is 4. The van der Waals surface area contributed by atoms with Gasteiger partial charge in [-0.1, -0.05) is 6.92 Å². The van der Waals surface area contributed by atoms with E-state index in [1.807, 2.05) is 0 Å². The lowest BCUT2D eigenvalue weighted by Crippen LogP contribution is -2.38. The van der Waals surface area contributed by atoms with Crippen LogP contribution in [-0.2, 0) is 10.8 Å². The molecule has 0 amide bonds. The Morgan fingerprint density at radius 2 is 1.93 bits per heavy atom. The molecule has 82 valence electrons. The van der Waals surface area contributed by atoms with Crippen molar-refractivity contribution < 1.29 is 4.21 Å². The summed E-state index contributed by atoms with van der Waals surface area (Å²) in [5.74, 6) is 3.67. The van der Waals surface area contributed by atoms with Crippen LogP contribution in [0, 0.1) is 11.8 Å². The summed E-state index contributed by atoms with van der Waals surface area (Å²) in [5, 5.41) is 3.63. The summed E-state index contributed by atoms with van der Waals surface area (Å²) in [6.07, 6.45) is 5.11. The summed E-state index contributed by atoms with van der Waals surface area (Å²) < 4.78 is 11.1. The van der Waals surface area contributed by atoms with Gasteiger partial charge in [-0.15, -0.1) is 0 Å². The molecule has 3 heteroatoms. The second-order valence-electron chi connectivity index (χ2n) is 4.85. The monoisotopic (exact) mass is 215 g/mol. The van der Waals surface area contributed by atoms with Crippen molar-refractivity contribution in [1.82, 2.24) is 5.32 Å². The molecule has 0 aromatic carbocycles. The van der Waals surface area contributed by atoms with Crippen LogP contribution >= 0.6 is 0 Å². The molecule has 1 unspecified atom stereocenters. The standard InChI is InChI=1S/C11H21NOS/c1-9(10-2-3-10)8-12-11-4-6-14(13)7-5-11/h9-12H,2-8H2,1H3. The summed E-state index contributed by atoms with van der Waals surface area (Å²) in [6, 6.07) is 0.647. The van der Waals surface area contributed by atoms with Gasteiger partial charge in [-0.2, -0.15) is 0 Å². The van der Waals surface area contributed by atoms with Crippen molar-refractivity contribution in [2.24, 2.45) is 11.8 Å². The molecule has 2 nitrogen and oxygen atoms in total. The van der Waals surface area contributed by atoms with Gasteiger partial charge in [0.1, 0.15) is 0 Å². The summed E-state index contributed by atoms with van der Waals surface area (Å²) in [6.45, 7) is 3.52. The van der Waals surface area contributed by atoms with Gasteiger partial charge < -0.3 is 5.32 Å². The zero-order valence-corrected chi connectivity index (χ0v) is 9.81. The van der Waals surface area contributed by atoms with Crippen LogP contribution in [0.25, 0.3) is 0 Å². The quantitative estimate of drug-likeness (QED) is 0.770. The lowest BCUT2D eigenvalue weighted by molar-refractivity contribution is 0.399. The molecule has 2 fully saturated rings. The minimum atomic E-state index is -0.512. The second-order valence-corrected chi connectivity index (χ2v) is 6.54. The third-order valence-corrected chi connectivity index (χ3v) is 4.93. The molecule has 1 saturated carbocycles. The predicted molar refractivity (Wildman–Crippen MR) is 60.8 cm³/mol. The van der Waals surface area contributed by atoms with Crippen LogP contribution in [0.3, 0.4) is 0 Å². The molecule has 1 atom stereocenters. The van der Waals surface area contributed by atoms with E-state index in [1.54, 1.807) is 0 Å². The van der Waals surface area contributed by atoms with E-state index >= 15 is 0 Å². The zero-order chi connectivity index (χ0) is 9.97. The van der Waals surface area contributed by atoms with E-state index in [0.717, 1.165) is 36.2 Å². The minimum Gasteiger partial charge on any atom is -0.314 e. The van der Waals surface area contributed by atoms with Crippen molar-refractivity contribution in [2.75, 3.05) is 18.1 Å². The Bertz CT molecular complexity index is 205. The van der Waals surface area contributed by atoms with E-state index in [0.29, 0.717) is 6.04 Å². The van der Waals surface area contributed by atoms with Gasteiger partial charge >= 0.3 is 0 Å². The maximum absolute atomic E-state index is 11.1. The van der Waals surface area contributed by atoms with Crippen molar-refractivity contribution in [3.63, 3.8) is 0 Å². The first-order valence-electron chi connectivity index (χ1n) is 5.84. The number of hydrogen-bond donors (Lipinski definition) is 1. The predicted octanol–water partition coefficient (Wildman–Crippen LogP) is 1.53. The first-order valence-corrected chi connectivity index (χ1v) is 7.33. The molecule has 0 radical (unpaired) electrons. The Hall–Kier alpha value is 0.110. The highest BCUT2D eigenvalue weighted by Gasteiger charge is 2.28. The Labute approximate surface area is 89.3 Å². The number of nitrogens with one attached hydrogen (secondary N) is 1.